The number of rotatable bonds is 2. The fraction of sp³-hybridized carbons (Fsp3) is 0.538. The average Bonchev–Trinajstić information content (AvgIpc) is 2.59. The van der Waals surface area contributed by atoms with Crippen molar-refractivity contribution in [2.45, 2.75) is 37.0 Å². The fourth-order valence-corrected chi connectivity index (χ4v) is 4.40. The summed E-state index contributed by atoms with van der Waals surface area (Å²) in [4.78, 5) is 0. The maximum Gasteiger partial charge on any atom is 0.153 e. The number of aryl methyl sites for hydroxylation is 1. The molecule has 1 aromatic carbocycles. The molecule has 0 spiro atoms. The molecule has 2 unspecified atom stereocenters. The molecule has 0 bridgehead atoms. The Morgan fingerprint density at radius 1 is 1.39 bits per heavy atom. The molecular formula is C13H17FO3S. The second-order valence-electron chi connectivity index (χ2n) is 5.15. The second-order valence-corrected chi connectivity index (χ2v) is 7.38. The minimum Gasteiger partial charge on any atom is -0.384 e. The molecule has 1 fully saturated rings. The standard InChI is InChI=1S/C13H17FO3S/c1-9-6-10(8-11(14)7-9)13(15)5-3-4-12(13)18(2,16)17/h6-8,12,15H,3-5H2,1-2H3. The van der Waals surface area contributed by atoms with Gasteiger partial charge in [-0.05, 0) is 49.4 Å². The smallest absolute Gasteiger partial charge is 0.153 e. The molecule has 0 aliphatic heterocycles. The maximum atomic E-state index is 13.4. The van der Waals surface area contributed by atoms with Gasteiger partial charge in [0.25, 0.3) is 0 Å². The zero-order chi connectivity index (χ0) is 13.6. The summed E-state index contributed by atoms with van der Waals surface area (Å²) in [5, 5.41) is 9.82. The Morgan fingerprint density at radius 2 is 2.06 bits per heavy atom. The predicted octanol–water partition coefficient (Wildman–Crippen LogP) is 1.92. The highest BCUT2D eigenvalue weighted by Crippen LogP contribution is 2.42. The van der Waals surface area contributed by atoms with Crippen molar-refractivity contribution in [3.8, 4) is 0 Å². The number of aliphatic hydroxyl groups is 1. The van der Waals surface area contributed by atoms with Gasteiger partial charge in [-0.15, -0.1) is 0 Å². The van der Waals surface area contributed by atoms with Crippen LogP contribution in [0.15, 0.2) is 18.2 Å². The number of benzene rings is 1. The van der Waals surface area contributed by atoms with Crippen LogP contribution in [0.2, 0.25) is 0 Å². The number of halogens is 1. The van der Waals surface area contributed by atoms with Gasteiger partial charge in [-0.1, -0.05) is 6.07 Å². The van der Waals surface area contributed by atoms with E-state index in [1.807, 2.05) is 0 Å². The van der Waals surface area contributed by atoms with Crippen molar-refractivity contribution in [2.75, 3.05) is 6.26 Å². The summed E-state index contributed by atoms with van der Waals surface area (Å²) in [6.45, 7) is 1.72. The third-order valence-corrected chi connectivity index (χ3v) is 5.27. The number of sulfone groups is 1. The van der Waals surface area contributed by atoms with Gasteiger partial charge in [0.1, 0.15) is 11.4 Å². The molecule has 0 saturated heterocycles. The minimum atomic E-state index is -3.36. The van der Waals surface area contributed by atoms with E-state index in [-0.39, 0.29) is 0 Å². The van der Waals surface area contributed by atoms with Crippen LogP contribution in [0.4, 0.5) is 4.39 Å². The summed E-state index contributed by atoms with van der Waals surface area (Å²) in [5.74, 6) is -0.447. The second kappa shape index (κ2) is 4.31. The highest BCUT2D eigenvalue weighted by Gasteiger charge is 2.48. The lowest BCUT2D eigenvalue weighted by Gasteiger charge is -2.29. The molecule has 0 aromatic heterocycles. The first kappa shape index (κ1) is 13.5. The number of hydrogen-bond donors (Lipinski definition) is 1. The number of hydrogen-bond acceptors (Lipinski definition) is 3. The SMILES string of the molecule is Cc1cc(F)cc(C2(O)CCCC2S(C)(=O)=O)c1. The van der Waals surface area contributed by atoms with Crippen molar-refractivity contribution in [2.24, 2.45) is 0 Å². The average molecular weight is 272 g/mol. The first-order chi connectivity index (χ1) is 8.23. The van der Waals surface area contributed by atoms with Crippen LogP contribution in [0.5, 0.6) is 0 Å². The van der Waals surface area contributed by atoms with Crippen molar-refractivity contribution in [1.29, 1.82) is 0 Å². The largest absolute Gasteiger partial charge is 0.384 e. The summed E-state index contributed by atoms with van der Waals surface area (Å²) in [5.41, 5.74) is -0.411. The van der Waals surface area contributed by atoms with Crippen molar-refractivity contribution >= 4 is 9.84 Å². The van der Waals surface area contributed by atoms with E-state index in [9.17, 15) is 17.9 Å². The molecule has 0 radical (unpaired) electrons. The van der Waals surface area contributed by atoms with Gasteiger partial charge in [0.2, 0.25) is 0 Å². The molecule has 1 N–H and O–H groups in total. The monoisotopic (exact) mass is 272 g/mol. The molecule has 0 heterocycles. The lowest BCUT2D eigenvalue weighted by atomic mass is 9.90. The van der Waals surface area contributed by atoms with Gasteiger partial charge in [-0.2, -0.15) is 0 Å². The summed E-state index contributed by atoms with van der Waals surface area (Å²) in [7, 11) is -3.36. The van der Waals surface area contributed by atoms with Gasteiger partial charge >= 0.3 is 0 Å². The highest BCUT2D eigenvalue weighted by molar-refractivity contribution is 7.91. The van der Waals surface area contributed by atoms with Gasteiger partial charge in [-0.25, -0.2) is 12.8 Å². The van der Waals surface area contributed by atoms with E-state index in [4.69, 9.17) is 0 Å². The van der Waals surface area contributed by atoms with Gasteiger partial charge < -0.3 is 5.11 Å². The maximum absolute atomic E-state index is 13.4. The summed E-state index contributed by atoms with van der Waals surface area (Å²) < 4.78 is 36.9. The van der Waals surface area contributed by atoms with E-state index in [0.717, 1.165) is 6.26 Å². The van der Waals surface area contributed by atoms with Crippen molar-refractivity contribution in [3.05, 3.63) is 35.1 Å². The van der Waals surface area contributed by atoms with Crippen LogP contribution < -0.4 is 0 Å². The Labute approximate surface area is 107 Å². The van der Waals surface area contributed by atoms with Crippen LogP contribution in [0.3, 0.4) is 0 Å². The summed E-state index contributed by atoms with van der Waals surface area (Å²) in [6, 6.07) is 4.25. The van der Waals surface area contributed by atoms with E-state index >= 15 is 0 Å². The van der Waals surface area contributed by atoms with Crippen LogP contribution in [-0.2, 0) is 15.4 Å². The van der Waals surface area contributed by atoms with E-state index in [1.54, 1.807) is 13.0 Å². The van der Waals surface area contributed by atoms with Gasteiger partial charge in [0, 0.05) is 6.26 Å². The topological polar surface area (TPSA) is 54.4 Å². The van der Waals surface area contributed by atoms with E-state index in [0.29, 0.717) is 30.4 Å². The molecule has 2 rings (SSSR count). The fourth-order valence-electron chi connectivity index (χ4n) is 2.84. The molecule has 18 heavy (non-hydrogen) atoms. The van der Waals surface area contributed by atoms with E-state index in [2.05, 4.69) is 0 Å². The zero-order valence-corrected chi connectivity index (χ0v) is 11.3. The third kappa shape index (κ3) is 2.29. The zero-order valence-electron chi connectivity index (χ0n) is 10.5. The molecular weight excluding hydrogens is 255 g/mol. The molecule has 1 aromatic rings. The van der Waals surface area contributed by atoms with Crippen LogP contribution in [0.1, 0.15) is 30.4 Å². The van der Waals surface area contributed by atoms with E-state index < -0.39 is 26.5 Å². The molecule has 0 amide bonds. The molecule has 3 nitrogen and oxygen atoms in total. The molecule has 1 aliphatic carbocycles. The van der Waals surface area contributed by atoms with Gasteiger partial charge in [-0.3, -0.25) is 0 Å². The lowest BCUT2D eigenvalue weighted by molar-refractivity contribution is 0.0473. The minimum absolute atomic E-state index is 0.355. The molecule has 5 heteroatoms. The van der Waals surface area contributed by atoms with Crippen LogP contribution in [-0.4, -0.2) is 25.0 Å². The highest BCUT2D eigenvalue weighted by atomic mass is 32.2. The first-order valence-electron chi connectivity index (χ1n) is 5.92. The van der Waals surface area contributed by atoms with E-state index in [1.165, 1.54) is 12.1 Å². The van der Waals surface area contributed by atoms with Gasteiger partial charge in [0.05, 0.1) is 5.25 Å². The molecule has 100 valence electrons. The Balaban J connectivity index is 2.53. The van der Waals surface area contributed by atoms with Crippen molar-refractivity contribution in [3.63, 3.8) is 0 Å². The predicted molar refractivity (Wildman–Crippen MR) is 67.5 cm³/mol. The lowest BCUT2D eigenvalue weighted by Crippen LogP contribution is -2.39. The molecule has 1 saturated carbocycles. The normalized spacial score (nSPS) is 28.6. The Hall–Kier alpha value is -0.940. The Morgan fingerprint density at radius 3 is 2.61 bits per heavy atom. The van der Waals surface area contributed by atoms with Crippen LogP contribution in [0.25, 0.3) is 0 Å². The summed E-state index contributed by atoms with van der Waals surface area (Å²) in [6.07, 6.45) is 2.53. The van der Waals surface area contributed by atoms with Crippen molar-refractivity contribution < 1.29 is 17.9 Å². The Bertz CT molecular complexity index is 547. The van der Waals surface area contributed by atoms with Crippen LogP contribution in [0, 0.1) is 12.7 Å². The van der Waals surface area contributed by atoms with Gasteiger partial charge in [0.15, 0.2) is 9.84 Å². The van der Waals surface area contributed by atoms with Crippen molar-refractivity contribution in [1.82, 2.24) is 0 Å². The summed E-state index contributed by atoms with van der Waals surface area (Å²) >= 11 is 0. The third-order valence-electron chi connectivity index (χ3n) is 3.62. The first-order valence-corrected chi connectivity index (χ1v) is 7.88. The quantitative estimate of drug-likeness (QED) is 0.895. The molecule has 2 atom stereocenters. The Kier molecular flexibility index (Phi) is 3.23. The van der Waals surface area contributed by atoms with Crippen LogP contribution >= 0.6 is 0 Å². The molecule has 1 aliphatic rings.